The van der Waals surface area contributed by atoms with Gasteiger partial charge in [-0.3, -0.25) is 4.79 Å². The standard InChI is InChI=1S/C29H38N4OS/c1-3-5-10-21-13-15-22(16-14-21)29(34)33-19-17-32(18-20-33)27-26-23-11-7-6-8-12-24(23)35-28(26)31-25(30-27)9-4-2/h13-16H,3-12,17-20H2,1-2H3. The highest BCUT2D eigenvalue weighted by Crippen LogP contribution is 2.39. The minimum atomic E-state index is 0.149. The van der Waals surface area contributed by atoms with Crippen LogP contribution in [-0.2, 0) is 25.7 Å². The predicted molar refractivity (Wildman–Crippen MR) is 146 cm³/mol. The molecule has 186 valence electrons. The summed E-state index contributed by atoms with van der Waals surface area (Å²) in [5, 5.41) is 1.30. The zero-order chi connectivity index (χ0) is 24.2. The van der Waals surface area contributed by atoms with Crippen molar-refractivity contribution in [2.45, 2.75) is 78.1 Å². The van der Waals surface area contributed by atoms with E-state index in [2.05, 4.69) is 30.9 Å². The minimum Gasteiger partial charge on any atom is -0.352 e. The van der Waals surface area contributed by atoms with Gasteiger partial charge in [0.05, 0.1) is 5.39 Å². The number of rotatable bonds is 7. The first-order valence-corrected chi connectivity index (χ1v) is 14.4. The Morgan fingerprint density at radius 1 is 0.914 bits per heavy atom. The molecule has 1 amide bonds. The van der Waals surface area contributed by atoms with Gasteiger partial charge in [0.15, 0.2) is 0 Å². The van der Waals surface area contributed by atoms with E-state index in [9.17, 15) is 4.79 Å². The van der Waals surface area contributed by atoms with Crippen molar-refractivity contribution in [3.63, 3.8) is 0 Å². The molecule has 1 saturated heterocycles. The van der Waals surface area contributed by atoms with Gasteiger partial charge in [-0.1, -0.05) is 38.8 Å². The third kappa shape index (κ3) is 5.23. The number of fused-ring (bicyclic) bond motifs is 3. The number of benzene rings is 1. The van der Waals surface area contributed by atoms with Crippen LogP contribution in [0.2, 0.25) is 0 Å². The lowest BCUT2D eigenvalue weighted by Gasteiger charge is -2.36. The molecule has 5 rings (SSSR count). The lowest BCUT2D eigenvalue weighted by Crippen LogP contribution is -2.49. The summed E-state index contributed by atoms with van der Waals surface area (Å²) >= 11 is 1.90. The normalized spacial score (nSPS) is 16.4. The third-order valence-corrected chi connectivity index (χ3v) is 8.64. The van der Waals surface area contributed by atoms with E-state index in [1.165, 1.54) is 64.7 Å². The van der Waals surface area contributed by atoms with E-state index in [4.69, 9.17) is 9.97 Å². The highest BCUT2D eigenvalue weighted by molar-refractivity contribution is 7.19. The number of hydrogen-bond donors (Lipinski definition) is 0. The van der Waals surface area contributed by atoms with Gasteiger partial charge < -0.3 is 9.80 Å². The number of carbonyl (C=O) groups is 1. The Hall–Kier alpha value is -2.47. The number of nitrogens with zero attached hydrogens (tertiary/aromatic N) is 4. The summed E-state index contributed by atoms with van der Waals surface area (Å²) in [6.07, 6.45) is 11.6. The smallest absolute Gasteiger partial charge is 0.253 e. The molecule has 0 N–H and O–H groups in total. The molecular weight excluding hydrogens is 452 g/mol. The molecule has 0 unspecified atom stereocenters. The van der Waals surface area contributed by atoms with Gasteiger partial charge in [0.1, 0.15) is 16.5 Å². The maximum atomic E-state index is 13.2. The van der Waals surface area contributed by atoms with Crippen molar-refractivity contribution in [3.05, 3.63) is 51.7 Å². The van der Waals surface area contributed by atoms with Crippen LogP contribution in [0.5, 0.6) is 0 Å². The van der Waals surface area contributed by atoms with Crippen LogP contribution in [0.4, 0.5) is 5.82 Å². The molecule has 1 aliphatic heterocycles. The molecule has 0 bridgehead atoms. The summed E-state index contributed by atoms with van der Waals surface area (Å²) in [6, 6.07) is 8.25. The summed E-state index contributed by atoms with van der Waals surface area (Å²) in [4.78, 5) is 30.4. The van der Waals surface area contributed by atoms with Crippen molar-refractivity contribution >= 4 is 33.3 Å². The Morgan fingerprint density at radius 3 is 2.43 bits per heavy atom. The number of thiophene rings is 1. The molecule has 6 heteroatoms. The van der Waals surface area contributed by atoms with Gasteiger partial charge >= 0.3 is 0 Å². The fourth-order valence-corrected chi connectivity index (χ4v) is 6.70. The van der Waals surface area contributed by atoms with Gasteiger partial charge in [0, 0.05) is 43.0 Å². The Kier molecular flexibility index (Phi) is 7.66. The second kappa shape index (κ2) is 11.1. The largest absolute Gasteiger partial charge is 0.352 e. The maximum Gasteiger partial charge on any atom is 0.253 e. The van der Waals surface area contributed by atoms with Crippen LogP contribution in [0.15, 0.2) is 24.3 Å². The van der Waals surface area contributed by atoms with Gasteiger partial charge in [-0.25, -0.2) is 9.97 Å². The van der Waals surface area contributed by atoms with Crippen molar-refractivity contribution < 1.29 is 4.79 Å². The monoisotopic (exact) mass is 490 g/mol. The van der Waals surface area contributed by atoms with Gasteiger partial charge in [-0.15, -0.1) is 11.3 Å². The second-order valence-corrected chi connectivity index (χ2v) is 11.1. The molecule has 1 aromatic carbocycles. The summed E-state index contributed by atoms with van der Waals surface area (Å²) in [5.74, 6) is 2.23. The van der Waals surface area contributed by atoms with Crippen molar-refractivity contribution in [2.24, 2.45) is 0 Å². The average Bonchev–Trinajstić information content (AvgIpc) is 3.07. The Labute approximate surface area is 213 Å². The molecule has 1 fully saturated rings. The number of aryl methyl sites for hydroxylation is 4. The number of amides is 1. The molecule has 0 radical (unpaired) electrons. The number of anilines is 1. The van der Waals surface area contributed by atoms with E-state index >= 15 is 0 Å². The first-order chi connectivity index (χ1) is 17.2. The first kappa shape index (κ1) is 24.2. The molecule has 0 atom stereocenters. The van der Waals surface area contributed by atoms with Crippen LogP contribution in [0.1, 0.15) is 84.6 Å². The lowest BCUT2D eigenvalue weighted by atomic mass is 10.1. The number of piperazine rings is 1. The molecule has 2 aromatic heterocycles. The van der Waals surface area contributed by atoms with Crippen LogP contribution in [0.25, 0.3) is 10.2 Å². The van der Waals surface area contributed by atoms with Crippen molar-refractivity contribution in [2.75, 3.05) is 31.1 Å². The second-order valence-electron chi connectivity index (χ2n) is 10.0. The van der Waals surface area contributed by atoms with E-state index in [0.717, 1.165) is 69.1 Å². The predicted octanol–water partition coefficient (Wildman–Crippen LogP) is 6.22. The molecule has 1 aliphatic carbocycles. The summed E-state index contributed by atoms with van der Waals surface area (Å²) in [6.45, 7) is 7.51. The van der Waals surface area contributed by atoms with Crippen molar-refractivity contribution in [3.8, 4) is 0 Å². The number of carbonyl (C=O) groups excluding carboxylic acids is 1. The fraction of sp³-hybridized carbons (Fsp3) is 0.552. The topological polar surface area (TPSA) is 49.3 Å². The molecule has 35 heavy (non-hydrogen) atoms. The molecule has 3 heterocycles. The zero-order valence-electron chi connectivity index (χ0n) is 21.3. The van der Waals surface area contributed by atoms with E-state index in [-0.39, 0.29) is 5.91 Å². The number of hydrogen-bond acceptors (Lipinski definition) is 5. The Bertz CT molecular complexity index is 1160. The van der Waals surface area contributed by atoms with Gasteiger partial charge in [-0.2, -0.15) is 0 Å². The first-order valence-electron chi connectivity index (χ1n) is 13.6. The fourth-order valence-electron chi connectivity index (χ4n) is 5.42. The van der Waals surface area contributed by atoms with Crippen LogP contribution in [0, 0.1) is 0 Å². The maximum absolute atomic E-state index is 13.2. The Balaban J connectivity index is 1.34. The highest BCUT2D eigenvalue weighted by Gasteiger charge is 2.27. The van der Waals surface area contributed by atoms with Crippen LogP contribution < -0.4 is 4.90 Å². The van der Waals surface area contributed by atoms with Gasteiger partial charge in [-0.05, 0) is 68.2 Å². The average molecular weight is 491 g/mol. The molecular formula is C29H38N4OS. The SMILES string of the molecule is CCCCc1ccc(C(=O)N2CCN(c3nc(CCC)nc4sc5c(c34)CCCCC5)CC2)cc1. The lowest BCUT2D eigenvalue weighted by molar-refractivity contribution is 0.0746. The van der Waals surface area contributed by atoms with Crippen molar-refractivity contribution in [1.29, 1.82) is 0 Å². The van der Waals surface area contributed by atoms with Gasteiger partial charge in [0.25, 0.3) is 5.91 Å². The van der Waals surface area contributed by atoms with E-state index < -0.39 is 0 Å². The number of aromatic nitrogens is 2. The zero-order valence-corrected chi connectivity index (χ0v) is 22.1. The highest BCUT2D eigenvalue weighted by atomic mass is 32.1. The van der Waals surface area contributed by atoms with Crippen molar-refractivity contribution in [1.82, 2.24) is 14.9 Å². The van der Waals surface area contributed by atoms with Crippen LogP contribution in [0.3, 0.4) is 0 Å². The van der Waals surface area contributed by atoms with E-state index in [1.807, 2.05) is 28.4 Å². The van der Waals surface area contributed by atoms with E-state index in [1.54, 1.807) is 0 Å². The van der Waals surface area contributed by atoms with Gasteiger partial charge in [0.2, 0.25) is 0 Å². The van der Waals surface area contributed by atoms with E-state index in [0.29, 0.717) is 0 Å². The quantitative estimate of drug-likeness (QED) is 0.369. The molecule has 0 saturated carbocycles. The van der Waals surface area contributed by atoms with Crippen LogP contribution >= 0.6 is 11.3 Å². The molecule has 5 nitrogen and oxygen atoms in total. The molecule has 2 aliphatic rings. The summed E-state index contributed by atoms with van der Waals surface area (Å²) in [5.41, 5.74) is 3.62. The summed E-state index contributed by atoms with van der Waals surface area (Å²) < 4.78 is 0. The minimum absolute atomic E-state index is 0.149. The summed E-state index contributed by atoms with van der Waals surface area (Å²) in [7, 11) is 0. The van der Waals surface area contributed by atoms with Crippen LogP contribution in [-0.4, -0.2) is 47.0 Å². The third-order valence-electron chi connectivity index (χ3n) is 7.45. The molecule has 3 aromatic rings. The Morgan fingerprint density at radius 2 is 1.69 bits per heavy atom. The molecule has 0 spiro atoms. The number of unbranched alkanes of at least 4 members (excludes halogenated alkanes) is 1.